The van der Waals surface area contributed by atoms with E-state index in [-0.39, 0.29) is 6.61 Å². The zero-order valence-electron chi connectivity index (χ0n) is 7.21. The molecule has 64 valence electrons. The highest BCUT2D eigenvalue weighted by Gasteiger charge is 2.18. The molecule has 1 rings (SSSR count). The van der Waals surface area contributed by atoms with Crippen molar-refractivity contribution in [3.05, 3.63) is 12.2 Å². The molecule has 2 nitrogen and oxygen atoms in total. The number of likely N-dealkylation sites (tertiary alicyclic amines) is 1. The molecule has 0 aromatic carbocycles. The molecule has 1 saturated heterocycles. The van der Waals surface area contributed by atoms with Crippen LogP contribution in [0.3, 0.4) is 0 Å². The van der Waals surface area contributed by atoms with Crippen molar-refractivity contribution in [3.8, 4) is 0 Å². The Morgan fingerprint density at radius 3 is 3.00 bits per heavy atom. The molecule has 0 radical (unpaired) electrons. The summed E-state index contributed by atoms with van der Waals surface area (Å²) in [5, 5.41) is 8.86. The number of piperidine rings is 1. The largest absolute Gasteiger partial charge is 0.392 e. The molecule has 11 heavy (non-hydrogen) atoms. The predicted molar refractivity (Wildman–Crippen MR) is 46.4 cm³/mol. The minimum atomic E-state index is 0.151. The molecule has 0 spiro atoms. The molecule has 0 amide bonds. The van der Waals surface area contributed by atoms with Gasteiger partial charge in [-0.25, -0.2) is 0 Å². The Morgan fingerprint density at radius 1 is 1.73 bits per heavy atom. The van der Waals surface area contributed by atoms with E-state index in [4.69, 9.17) is 5.11 Å². The van der Waals surface area contributed by atoms with Crippen molar-refractivity contribution in [2.75, 3.05) is 26.7 Å². The number of hydrogen-bond donors (Lipinski definition) is 1. The molecule has 1 aliphatic heterocycles. The van der Waals surface area contributed by atoms with Gasteiger partial charge in [0.1, 0.15) is 0 Å². The number of aliphatic hydroxyl groups excluding tert-OH is 1. The van der Waals surface area contributed by atoms with E-state index >= 15 is 0 Å². The fourth-order valence-electron chi connectivity index (χ4n) is 1.63. The molecular formula is C9H17NO. The van der Waals surface area contributed by atoms with Crippen molar-refractivity contribution in [1.82, 2.24) is 4.90 Å². The summed E-state index contributed by atoms with van der Waals surface area (Å²) in [7, 11) is 2.12. The van der Waals surface area contributed by atoms with E-state index in [1.807, 2.05) is 0 Å². The molecule has 1 aliphatic rings. The number of rotatable bonds is 2. The van der Waals surface area contributed by atoms with Gasteiger partial charge >= 0.3 is 0 Å². The van der Waals surface area contributed by atoms with Gasteiger partial charge in [-0.1, -0.05) is 6.58 Å². The van der Waals surface area contributed by atoms with E-state index in [1.165, 1.54) is 19.4 Å². The van der Waals surface area contributed by atoms with Gasteiger partial charge in [0, 0.05) is 6.54 Å². The van der Waals surface area contributed by atoms with Gasteiger partial charge in [-0.2, -0.15) is 0 Å². The Hall–Kier alpha value is -0.340. The zero-order chi connectivity index (χ0) is 8.27. The van der Waals surface area contributed by atoms with Crippen LogP contribution in [0.1, 0.15) is 12.8 Å². The first-order chi connectivity index (χ1) is 5.24. The van der Waals surface area contributed by atoms with E-state index in [9.17, 15) is 0 Å². The van der Waals surface area contributed by atoms with E-state index < -0.39 is 0 Å². The molecule has 1 unspecified atom stereocenters. The van der Waals surface area contributed by atoms with Gasteiger partial charge in [-0.05, 0) is 37.9 Å². The predicted octanol–water partition coefficient (Wildman–Crippen LogP) is 0.877. The standard InChI is InChI=1S/C9H17NO/c1-8(7-11)9-4-3-5-10(2)6-9/h9,11H,1,3-7H2,2H3. The van der Waals surface area contributed by atoms with Crippen LogP contribution in [0.2, 0.25) is 0 Å². The van der Waals surface area contributed by atoms with Crippen molar-refractivity contribution in [3.63, 3.8) is 0 Å². The van der Waals surface area contributed by atoms with E-state index in [2.05, 4.69) is 18.5 Å². The number of nitrogens with zero attached hydrogens (tertiary/aromatic N) is 1. The van der Waals surface area contributed by atoms with Crippen molar-refractivity contribution < 1.29 is 5.11 Å². The van der Waals surface area contributed by atoms with Gasteiger partial charge in [0.15, 0.2) is 0 Å². The average molecular weight is 155 g/mol. The summed E-state index contributed by atoms with van der Waals surface area (Å²) in [6.45, 7) is 6.26. The fraction of sp³-hybridized carbons (Fsp3) is 0.778. The molecule has 1 N–H and O–H groups in total. The van der Waals surface area contributed by atoms with Gasteiger partial charge in [-0.3, -0.25) is 0 Å². The van der Waals surface area contributed by atoms with E-state index in [1.54, 1.807) is 0 Å². The van der Waals surface area contributed by atoms with Crippen LogP contribution in [0.4, 0.5) is 0 Å². The Morgan fingerprint density at radius 2 is 2.45 bits per heavy atom. The summed E-state index contributed by atoms with van der Waals surface area (Å²) in [5.74, 6) is 0.527. The van der Waals surface area contributed by atoms with Crippen LogP contribution in [0, 0.1) is 5.92 Å². The van der Waals surface area contributed by atoms with Crippen LogP contribution < -0.4 is 0 Å². The molecular weight excluding hydrogens is 138 g/mol. The van der Waals surface area contributed by atoms with Crippen LogP contribution in [-0.2, 0) is 0 Å². The van der Waals surface area contributed by atoms with Gasteiger partial charge in [0.2, 0.25) is 0 Å². The molecule has 0 aromatic rings. The summed E-state index contributed by atoms with van der Waals surface area (Å²) >= 11 is 0. The highest BCUT2D eigenvalue weighted by Crippen LogP contribution is 2.20. The Kier molecular flexibility index (Phi) is 3.09. The fourth-order valence-corrected chi connectivity index (χ4v) is 1.63. The second kappa shape index (κ2) is 3.88. The van der Waals surface area contributed by atoms with Crippen LogP contribution in [0.25, 0.3) is 0 Å². The third-order valence-corrected chi connectivity index (χ3v) is 2.40. The van der Waals surface area contributed by atoms with Gasteiger partial charge in [0.25, 0.3) is 0 Å². The third kappa shape index (κ3) is 2.31. The van der Waals surface area contributed by atoms with Crippen molar-refractivity contribution in [1.29, 1.82) is 0 Å². The highest BCUT2D eigenvalue weighted by atomic mass is 16.3. The Bertz CT molecular complexity index is 144. The summed E-state index contributed by atoms with van der Waals surface area (Å²) in [6.07, 6.45) is 2.43. The highest BCUT2D eigenvalue weighted by molar-refractivity contribution is 5.02. The van der Waals surface area contributed by atoms with Crippen molar-refractivity contribution in [2.24, 2.45) is 5.92 Å². The maximum absolute atomic E-state index is 8.86. The van der Waals surface area contributed by atoms with Gasteiger partial charge in [0.05, 0.1) is 6.61 Å². The first-order valence-electron chi connectivity index (χ1n) is 4.21. The van der Waals surface area contributed by atoms with Crippen LogP contribution in [0.5, 0.6) is 0 Å². The normalized spacial score (nSPS) is 26.9. The second-order valence-electron chi connectivity index (χ2n) is 3.42. The maximum Gasteiger partial charge on any atom is 0.0642 e. The van der Waals surface area contributed by atoms with Crippen molar-refractivity contribution >= 4 is 0 Å². The lowest BCUT2D eigenvalue weighted by atomic mass is 9.92. The SMILES string of the molecule is C=C(CO)C1CCCN(C)C1. The monoisotopic (exact) mass is 155 g/mol. The molecule has 1 atom stereocenters. The Labute approximate surface area is 68.5 Å². The summed E-state index contributed by atoms with van der Waals surface area (Å²) in [4.78, 5) is 2.30. The van der Waals surface area contributed by atoms with Crippen LogP contribution in [-0.4, -0.2) is 36.8 Å². The van der Waals surface area contributed by atoms with Crippen LogP contribution in [0.15, 0.2) is 12.2 Å². The second-order valence-corrected chi connectivity index (χ2v) is 3.42. The quantitative estimate of drug-likeness (QED) is 0.598. The lowest BCUT2D eigenvalue weighted by Crippen LogP contribution is -2.33. The molecule has 0 saturated carbocycles. The molecule has 0 aliphatic carbocycles. The lowest BCUT2D eigenvalue weighted by molar-refractivity contribution is 0.214. The first kappa shape index (κ1) is 8.75. The van der Waals surface area contributed by atoms with Crippen LogP contribution >= 0.6 is 0 Å². The Balaban J connectivity index is 2.39. The van der Waals surface area contributed by atoms with E-state index in [0.717, 1.165) is 12.1 Å². The first-order valence-corrected chi connectivity index (χ1v) is 4.21. The zero-order valence-corrected chi connectivity index (χ0v) is 7.21. The topological polar surface area (TPSA) is 23.5 Å². The maximum atomic E-state index is 8.86. The van der Waals surface area contributed by atoms with Crippen molar-refractivity contribution in [2.45, 2.75) is 12.8 Å². The molecule has 1 fully saturated rings. The molecule has 0 aromatic heterocycles. The minimum Gasteiger partial charge on any atom is -0.392 e. The molecule has 1 heterocycles. The molecule has 0 bridgehead atoms. The number of hydrogen-bond acceptors (Lipinski definition) is 2. The number of aliphatic hydroxyl groups is 1. The van der Waals surface area contributed by atoms with E-state index in [0.29, 0.717) is 5.92 Å². The third-order valence-electron chi connectivity index (χ3n) is 2.40. The summed E-state index contributed by atoms with van der Waals surface area (Å²) in [6, 6.07) is 0. The summed E-state index contributed by atoms with van der Waals surface area (Å²) < 4.78 is 0. The smallest absolute Gasteiger partial charge is 0.0642 e. The lowest BCUT2D eigenvalue weighted by Gasteiger charge is -2.30. The average Bonchev–Trinajstić information content (AvgIpc) is 2.03. The van der Waals surface area contributed by atoms with Gasteiger partial charge < -0.3 is 10.0 Å². The minimum absolute atomic E-state index is 0.151. The summed E-state index contributed by atoms with van der Waals surface area (Å²) in [5.41, 5.74) is 0.997. The molecule has 2 heteroatoms. The van der Waals surface area contributed by atoms with Gasteiger partial charge in [-0.15, -0.1) is 0 Å².